The van der Waals surface area contributed by atoms with Gasteiger partial charge in [-0.15, -0.1) is 11.8 Å². The fourth-order valence-corrected chi connectivity index (χ4v) is 7.12. The molecule has 41 heavy (non-hydrogen) atoms. The van der Waals surface area contributed by atoms with E-state index in [0.717, 1.165) is 11.5 Å². The molecular weight excluding hydrogens is 577 g/mol. The Hall–Kier alpha value is -1.62. The lowest BCUT2D eigenvalue weighted by Crippen LogP contribution is -2.20. The highest BCUT2D eigenvalue weighted by atomic mass is 32.2. The van der Waals surface area contributed by atoms with Gasteiger partial charge >= 0.3 is 0 Å². The number of nitrogens with two attached hydrogens (primary N) is 1. The Balaban J connectivity index is 1.08. The predicted octanol–water partition coefficient (Wildman–Crippen LogP) is 6.77. The number of nitrogen functional groups attached to an aromatic ring is 1. The van der Waals surface area contributed by atoms with Crippen molar-refractivity contribution >= 4 is 48.1 Å². The topological polar surface area (TPSA) is 128 Å². The van der Waals surface area contributed by atoms with Crippen LogP contribution in [0.3, 0.4) is 0 Å². The Morgan fingerprint density at radius 1 is 0.927 bits per heavy atom. The number of benzene rings is 1. The van der Waals surface area contributed by atoms with Gasteiger partial charge in [0.2, 0.25) is 0 Å². The molecule has 0 aliphatic heterocycles. The molecule has 2 atom stereocenters. The number of unbranched alkanes of at least 4 members (excludes halogenated alkanes) is 8. The molecule has 12 heteroatoms. The molecule has 0 saturated heterocycles. The molecule has 0 fully saturated rings. The molecule has 1 aromatic carbocycles. The first kappa shape index (κ1) is 33.9. The van der Waals surface area contributed by atoms with Gasteiger partial charge in [0.15, 0.2) is 19.1 Å². The van der Waals surface area contributed by atoms with E-state index in [1.807, 2.05) is 23.5 Å². The molecule has 0 aliphatic rings. The lowest BCUT2D eigenvalue weighted by Gasteiger charge is -2.25. The quantitative estimate of drug-likeness (QED) is 0.0687. The molecule has 3 aromatic rings. The van der Waals surface area contributed by atoms with E-state index in [9.17, 15) is 9.46 Å². The zero-order chi connectivity index (χ0) is 29.2. The van der Waals surface area contributed by atoms with Crippen molar-refractivity contribution in [3.05, 3.63) is 43.0 Å². The summed E-state index contributed by atoms with van der Waals surface area (Å²) < 4.78 is 24.6. The van der Waals surface area contributed by atoms with Crippen LogP contribution in [0.5, 0.6) is 0 Å². The van der Waals surface area contributed by atoms with Crippen molar-refractivity contribution in [3.63, 3.8) is 0 Å². The maximum absolute atomic E-state index is 12.2. The van der Waals surface area contributed by atoms with Crippen LogP contribution in [0.25, 0.3) is 11.2 Å². The van der Waals surface area contributed by atoms with Crippen molar-refractivity contribution in [2.45, 2.75) is 88.7 Å². The Morgan fingerprint density at radius 2 is 1.59 bits per heavy atom. The van der Waals surface area contributed by atoms with Crippen molar-refractivity contribution in [1.29, 1.82) is 0 Å². The molecular formula is C29H45N5O4PS2-. The molecule has 0 bridgehead atoms. The van der Waals surface area contributed by atoms with Crippen molar-refractivity contribution in [2.75, 3.05) is 35.9 Å². The summed E-state index contributed by atoms with van der Waals surface area (Å²) in [6.45, 7) is 2.37. The van der Waals surface area contributed by atoms with E-state index in [0.29, 0.717) is 29.9 Å². The van der Waals surface area contributed by atoms with Crippen LogP contribution in [0, 0.1) is 0 Å². The minimum atomic E-state index is -4.05. The third-order valence-corrected chi connectivity index (χ3v) is 9.86. The second kappa shape index (κ2) is 19.5. The lowest BCUT2D eigenvalue weighted by molar-refractivity contribution is -0.205. The van der Waals surface area contributed by atoms with E-state index in [-0.39, 0.29) is 12.7 Å². The summed E-state index contributed by atoms with van der Waals surface area (Å²) in [5.41, 5.74) is 6.91. The Kier molecular flexibility index (Phi) is 16.2. The number of ether oxygens (including phenoxy) is 1. The van der Waals surface area contributed by atoms with Crippen molar-refractivity contribution in [1.82, 2.24) is 19.5 Å². The third-order valence-electron chi connectivity index (χ3n) is 6.57. The summed E-state index contributed by atoms with van der Waals surface area (Å²) in [5.74, 6) is 3.54. The number of hydrogen-bond donors (Lipinski definition) is 1. The SMILES string of the molecule is C[C@H](Cn1cnc2c(N)ncnc21)OCP(=O)([O-])OCCCSCCCCCCCCCCCSc1ccccc1. The van der Waals surface area contributed by atoms with E-state index in [1.54, 1.807) is 17.8 Å². The lowest BCUT2D eigenvalue weighted by atomic mass is 10.1. The monoisotopic (exact) mass is 622 g/mol. The first-order valence-corrected chi connectivity index (χ1v) is 18.5. The standard InChI is InChI=1S/C29H46N5O4PS2/c1-25(21-34-23-33-27-28(30)31-22-32-29(27)34)37-24-39(35,36)38-17-14-19-40-18-12-7-5-3-2-4-6-8-13-20-41-26-15-10-9-11-16-26/h9-11,15-16,22-23,25H,2-8,12-14,17-21,24H2,1H3,(H,35,36)(H2,30,31,32)/p-1/t25-/m1/s1. The zero-order valence-electron chi connectivity index (χ0n) is 24.2. The average molecular weight is 623 g/mol. The molecule has 228 valence electrons. The summed E-state index contributed by atoms with van der Waals surface area (Å²) in [7, 11) is -4.05. The largest absolute Gasteiger partial charge is 0.777 e. The smallest absolute Gasteiger partial charge is 0.165 e. The van der Waals surface area contributed by atoms with Crippen LogP contribution >= 0.6 is 31.1 Å². The van der Waals surface area contributed by atoms with Gasteiger partial charge in [0, 0.05) is 4.90 Å². The zero-order valence-corrected chi connectivity index (χ0v) is 26.7. The van der Waals surface area contributed by atoms with E-state index in [4.69, 9.17) is 15.0 Å². The van der Waals surface area contributed by atoms with Gasteiger partial charge < -0.3 is 29.0 Å². The number of hydrogen-bond acceptors (Lipinski definition) is 10. The maximum atomic E-state index is 12.2. The van der Waals surface area contributed by atoms with E-state index >= 15 is 0 Å². The second-order valence-electron chi connectivity index (χ2n) is 10.2. The number of anilines is 1. The Bertz CT molecular complexity index is 1170. The predicted molar refractivity (Wildman–Crippen MR) is 169 cm³/mol. The number of aromatic nitrogens is 4. The summed E-state index contributed by atoms with van der Waals surface area (Å²) in [6.07, 6.45) is 14.7. The minimum Gasteiger partial charge on any atom is -0.777 e. The highest BCUT2D eigenvalue weighted by molar-refractivity contribution is 7.99. The van der Waals surface area contributed by atoms with Gasteiger partial charge in [-0.2, -0.15) is 11.8 Å². The third kappa shape index (κ3) is 13.9. The number of fused-ring (bicyclic) bond motifs is 1. The molecule has 0 saturated carbocycles. The van der Waals surface area contributed by atoms with Crippen LogP contribution < -0.4 is 10.6 Å². The molecule has 2 N–H and O–H groups in total. The fourth-order valence-electron chi connectivity index (χ4n) is 4.33. The maximum Gasteiger partial charge on any atom is 0.165 e. The molecule has 3 rings (SSSR count). The van der Waals surface area contributed by atoms with E-state index in [2.05, 4.69) is 45.3 Å². The van der Waals surface area contributed by atoms with Crippen molar-refractivity contribution in [3.8, 4) is 0 Å². The number of rotatable bonds is 23. The molecule has 2 aromatic heterocycles. The van der Waals surface area contributed by atoms with Crippen molar-refractivity contribution < 1.29 is 18.7 Å². The van der Waals surface area contributed by atoms with Crippen molar-refractivity contribution in [2.24, 2.45) is 0 Å². The van der Waals surface area contributed by atoms with E-state index < -0.39 is 13.9 Å². The van der Waals surface area contributed by atoms with E-state index in [1.165, 1.54) is 74.8 Å². The van der Waals surface area contributed by atoms with Gasteiger partial charge in [-0.05, 0) is 55.6 Å². The first-order valence-electron chi connectivity index (χ1n) is 14.7. The van der Waals surface area contributed by atoms with Gasteiger partial charge in [-0.3, -0.25) is 0 Å². The Labute approximate surface area is 253 Å². The molecule has 2 heterocycles. The van der Waals surface area contributed by atoms with Gasteiger partial charge in [-0.1, -0.05) is 63.1 Å². The van der Waals surface area contributed by atoms with Crippen LogP contribution in [0.2, 0.25) is 0 Å². The number of imidazole rings is 1. The second-order valence-corrected chi connectivity index (χ2v) is 14.3. The van der Waals surface area contributed by atoms with Gasteiger partial charge in [-0.25, -0.2) is 15.0 Å². The highest BCUT2D eigenvalue weighted by Crippen LogP contribution is 2.37. The fraction of sp³-hybridized carbons (Fsp3) is 0.621. The summed E-state index contributed by atoms with van der Waals surface area (Å²) in [4.78, 5) is 25.9. The van der Waals surface area contributed by atoms with Gasteiger partial charge in [0.05, 0.1) is 25.6 Å². The normalized spacial score (nSPS) is 13.9. The van der Waals surface area contributed by atoms with Gasteiger partial charge in [0.1, 0.15) is 18.2 Å². The van der Waals surface area contributed by atoms with Gasteiger partial charge in [0.25, 0.3) is 0 Å². The summed E-state index contributed by atoms with van der Waals surface area (Å²) in [6, 6.07) is 10.7. The highest BCUT2D eigenvalue weighted by Gasteiger charge is 2.14. The summed E-state index contributed by atoms with van der Waals surface area (Å²) >= 11 is 3.83. The number of thioether (sulfide) groups is 2. The minimum absolute atomic E-state index is 0.193. The van der Waals surface area contributed by atoms with Crippen LogP contribution in [-0.4, -0.2) is 55.8 Å². The van der Waals surface area contributed by atoms with Crippen LogP contribution in [0.4, 0.5) is 5.82 Å². The molecule has 0 amide bonds. The van der Waals surface area contributed by atoms with Crippen LogP contribution in [0.15, 0.2) is 47.9 Å². The molecule has 0 radical (unpaired) electrons. The molecule has 0 aliphatic carbocycles. The first-order chi connectivity index (χ1) is 19.9. The number of nitrogens with zero attached hydrogens (tertiary/aromatic N) is 4. The van der Waals surface area contributed by atoms with Crippen LogP contribution in [0.1, 0.15) is 71.1 Å². The molecule has 0 spiro atoms. The Morgan fingerprint density at radius 3 is 2.32 bits per heavy atom. The molecule has 9 nitrogen and oxygen atoms in total. The average Bonchev–Trinajstić information content (AvgIpc) is 3.38. The van der Waals surface area contributed by atoms with Crippen LogP contribution in [-0.2, 0) is 20.4 Å². The molecule has 1 unspecified atom stereocenters. The summed E-state index contributed by atoms with van der Waals surface area (Å²) in [5, 5.41) is 0.